The van der Waals surface area contributed by atoms with Crippen molar-refractivity contribution in [1.29, 1.82) is 0 Å². The fourth-order valence-corrected chi connectivity index (χ4v) is 1.58. The number of primary amides is 1. The minimum atomic E-state index is -1.77. The van der Waals surface area contributed by atoms with Crippen molar-refractivity contribution in [1.82, 2.24) is 15.0 Å². The van der Waals surface area contributed by atoms with Gasteiger partial charge in [0.15, 0.2) is 18.1 Å². The number of alkyl halides is 1. The van der Waals surface area contributed by atoms with Crippen LogP contribution in [0.3, 0.4) is 0 Å². The number of nitrogens with two attached hydrogens (primary N) is 1. The summed E-state index contributed by atoms with van der Waals surface area (Å²) in [6, 6.07) is 0. The number of rotatable bonds is 3. The van der Waals surface area contributed by atoms with E-state index in [9.17, 15) is 14.3 Å². The molecule has 1 aliphatic heterocycles. The Bertz CT molecular complexity index is 425. The second-order valence-electron chi connectivity index (χ2n) is 3.63. The van der Waals surface area contributed by atoms with Gasteiger partial charge in [-0.15, -0.1) is 5.10 Å². The molecule has 9 heteroatoms. The van der Waals surface area contributed by atoms with E-state index in [4.69, 9.17) is 15.6 Å². The summed E-state index contributed by atoms with van der Waals surface area (Å²) in [4.78, 5) is 10.8. The van der Waals surface area contributed by atoms with E-state index in [2.05, 4.69) is 10.3 Å². The van der Waals surface area contributed by atoms with E-state index in [1.165, 1.54) is 0 Å². The van der Waals surface area contributed by atoms with Crippen LogP contribution >= 0.6 is 0 Å². The van der Waals surface area contributed by atoms with Crippen molar-refractivity contribution >= 4 is 5.91 Å². The Hall–Kier alpha value is -1.58. The average Bonchev–Trinajstić information content (AvgIpc) is 2.87. The van der Waals surface area contributed by atoms with Crippen LogP contribution in [-0.2, 0) is 4.74 Å². The summed E-state index contributed by atoms with van der Waals surface area (Å²) in [6.45, 7) is -0.518. The SMILES string of the molecule is NC(=O)c1cn(C2OC(CO)C(O)C2F)nn1. The maximum atomic E-state index is 13.6. The lowest BCUT2D eigenvalue weighted by Gasteiger charge is -2.11. The van der Waals surface area contributed by atoms with Crippen LogP contribution in [0.2, 0.25) is 0 Å². The van der Waals surface area contributed by atoms with Crippen LogP contribution in [0.15, 0.2) is 6.20 Å². The van der Waals surface area contributed by atoms with E-state index < -0.39 is 37.1 Å². The predicted octanol–water partition coefficient (Wildman–Crippen LogP) is -2.03. The predicted molar refractivity (Wildman–Crippen MR) is 50.4 cm³/mol. The number of amides is 1. The van der Waals surface area contributed by atoms with Crippen molar-refractivity contribution in [2.45, 2.75) is 24.6 Å². The molecule has 2 heterocycles. The van der Waals surface area contributed by atoms with Gasteiger partial charge in [-0.05, 0) is 0 Å². The Morgan fingerprint density at radius 3 is 2.88 bits per heavy atom. The Kier molecular flexibility index (Phi) is 3.05. The molecule has 0 spiro atoms. The van der Waals surface area contributed by atoms with E-state index in [-0.39, 0.29) is 5.69 Å². The van der Waals surface area contributed by atoms with Gasteiger partial charge in [0.05, 0.1) is 12.8 Å². The van der Waals surface area contributed by atoms with Crippen molar-refractivity contribution in [3.63, 3.8) is 0 Å². The van der Waals surface area contributed by atoms with Gasteiger partial charge in [0.2, 0.25) is 0 Å². The van der Waals surface area contributed by atoms with E-state index in [0.29, 0.717) is 0 Å². The second-order valence-corrected chi connectivity index (χ2v) is 3.63. The molecule has 1 aromatic rings. The molecule has 8 nitrogen and oxygen atoms in total. The molecule has 4 atom stereocenters. The van der Waals surface area contributed by atoms with Crippen LogP contribution in [-0.4, -0.2) is 56.1 Å². The van der Waals surface area contributed by atoms with Crippen LogP contribution < -0.4 is 5.73 Å². The van der Waals surface area contributed by atoms with Crippen molar-refractivity contribution in [2.24, 2.45) is 5.73 Å². The summed E-state index contributed by atoms with van der Waals surface area (Å²) in [6.07, 6.45) is -4.37. The Balaban J connectivity index is 2.19. The molecule has 0 bridgehead atoms. The van der Waals surface area contributed by atoms with Gasteiger partial charge in [-0.3, -0.25) is 4.79 Å². The maximum Gasteiger partial charge on any atom is 0.270 e. The molecular formula is C8H11FN4O4. The molecule has 1 fully saturated rings. The molecule has 0 aromatic carbocycles. The summed E-state index contributed by atoms with van der Waals surface area (Å²) >= 11 is 0. The lowest BCUT2D eigenvalue weighted by molar-refractivity contribution is -0.0528. The number of aliphatic hydroxyl groups is 2. The minimum Gasteiger partial charge on any atom is -0.394 e. The molecule has 4 N–H and O–H groups in total. The zero-order chi connectivity index (χ0) is 12.6. The van der Waals surface area contributed by atoms with Crippen molar-refractivity contribution in [3.8, 4) is 0 Å². The smallest absolute Gasteiger partial charge is 0.270 e. The van der Waals surface area contributed by atoms with Crippen molar-refractivity contribution < 1.29 is 24.1 Å². The van der Waals surface area contributed by atoms with Crippen LogP contribution in [0.1, 0.15) is 16.7 Å². The molecule has 0 radical (unpaired) electrons. The van der Waals surface area contributed by atoms with E-state index in [1.807, 2.05) is 0 Å². The van der Waals surface area contributed by atoms with Crippen molar-refractivity contribution in [2.75, 3.05) is 6.61 Å². The number of carbonyl (C=O) groups is 1. The third kappa shape index (κ3) is 1.99. The van der Waals surface area contributed by atoms with Gasteiger partial charge >= 0.3 is 0 Å². The molecule has 2 rings (SSSR count). The Morgan fingerprint density at radius 2 is 2.41 bits per heavy atom. The maximum absolute atomic E-state index is 13.6. The van der Waals surface area contributed by atoms with Gasteiger partial charge in [-0.25, -0.2) is 9.07 Å². The minimum absolute atomic E-state index is 0.136. The normalized spacial score (nSPS) is 32.9. The topological polar surface area (TPSA) is 123 Å². The first-order valence-electron chi connectivity index (χ1n) is 4.84. The van der Waals surface area contributed by atoms with Gasteiger partial charge < -0.3 is 20.7 Å². The first-order valence-corrected chi connectivity index (χ1v) is 4.84. The molecule has 1 saturated heterocycles. The fraction of sp³-hybridized carbons (Fsp3) is 0.625. The van der Waals surface area contributed by atoms with Gasteiger partial charge in [0.1, 0.15) is 12.2 Å². The average molecular weight is 246 g/mol. The van der Waals surface area contributed by atoms with E-state index in [0.717, 1.165) is 10.9 Å². The Labute approximate surface area is 94.8 Å². The first-order chi connectivity index (χ1) is 8.04. The van der Waals surface area contributed by atoms with E-state index in [1.54, 1.807) is 0 Å². The van der Waals surface area contributed by atoms with Crippen molar-refractivity contribution in [3.05, 3.63) is 11.9 Å². The molecule has 1 aromatic heterocycles. The zero-order valence-electron chi connectivity index (χ0n) is 8.60. The molecule has 0 aliphatic carbocycles. The number of hydrogen-bond donors (Lipinski definition) is 3. The highest BCUT2D eigenvalue weighted by Gasteiger charge is 2.45. The quantitative estimate of drug-likeness (QED) is 0.565. The second kappa shape index (κ2) is 4.35. The first kappa shape index (κ1) is 11.9. The summed E-state index contributed by atoms with van der Waals surface area (Å²) < 4.78 is 19.6. The van der Waals surface area contributed by atoms with Crippen LogP contribution in [0.4, 0.5) is 4.39 Å². The molecule has 0 saturated carbocycles. The number of halogens is 1. The molecule has 1 aliphatic rings. The van der Waals surface area contributed by atoms with E-state index >= 15 is 0 Å². The van der Waals surface area contributed by atoms with Crippen LogP contribution in [0.25, 0.3) is 0 Å². The summed E-state index contributed by atoms with van der Waals surface area (Å²) in [5, 5.41) is 25.1. The molecule has 1 amide bonds. The number of nitrogens with zero attached hydrogens (tertiary/aromatic N) is 3. The Morgan fingerprint density at radius 1 is 1.71 bits per heavy atom. The summed E-state index contributed by atoms with van der Waals surface area (Å²) in [5.74, 6) is -0.802. The monoisotopic (exact) mass is 246 g/mol. The number of aliphatic hydroxyl groups excluding tert-OH is 2. The summed E-state index contributed by atoms with van der Waals surface area (Å²) in [7, 11) is 0. The zero-order valence-corrected chi connectivity index (χ0v) is 8.60. The summed E-state index contributed by atoms with van der Waals surface area (Å²) in [5.41, 5.74) is 4.83. The lowest BCUT2D eigenvalue weighted by atomic mass is 10.1. The molecule has 17 heavy (non-hydrogen) atoms. The number of ether oxygens (including phenoxy) is 1. The highest BCUT2D eigenvalue weighted by Crippen LogP contribution is 2.30. The number of hydrogen-bond acceptors (Lipinski definition) is 6. The standard InChI is InChI=1S/C8H11FN4O4/c9-5-6(15)4(2-14)17-8(5)13-1-3(7(10)16)11-12-13/h1,4-6,8,14-15H,2H2,(H2,10,16). The third-order valence-corrected chi connectivity index (χ3v) is 2.50. The molecular weight excluding hydrogens is 235 g/mol. The van der Waals surface area contributed by atoms with Crippen LogP contribution in [0, 0.1) is 0 Å². The lowest BCUT2D eigenvalue weighted by Crippen LogP contribution is -2.30. The van der Waals surface area contributed by atoms with Gasteiger partial charge in [0, 0.05) is 0 Å². The molecule has 4 unspecified atom stereocenters. The highest BCUT2D eigenvalue weighted by molar-refractivity contribution is 5.90. The number of aromatic nitrogens is 3. The number of carbonyl (C=O) groups excluding carboxylic acids is 1. The van der Waals surface area contributed by atoms with Gasteiger partial charge in [-0.2, -0.15) is 0 Å². The highest BCUT2D eigenvalue weighted by atomic mass is 19.1. The van der Waals surface area contributed by atoms with Gasteiger partial charge in [0.25, 0.3) is 5.91 Å². The fourth-order valence-electron chi connectivity index (χ4n) is 1.58. The largest absolute Gasteiger partial charge is 0.394 e. The third-order valence-electron chi connectivity index (χ3n) is 2.50. The molecule has 94 valence electrons. The van der Waals surface area contributed by atoms with Gasteiger partial charge in [-0.1, -0.05) is 5.21 Å². The van der Waals surface area contributed by atoms with Crippen LogP contribution in [0.5, 0.6) is 0 Å².